The van der Waals surface area contributed by atoms with E-state index in [4.69, 9.17) is 13.8 Å². The third-order valence-corrected chi connectivity index (χ3v) is 12.3. The first-order valence-corrected chi connectivity index (χ1v) is 21.0. The Hall–Kier alpha value is -8.15. The largest absolute Gasteiger partial charge is 0.456 e. The fourth-order valence-electron chi connectivity index (χ4n) is 9.41. The second kappa shape index (κ2) is 14.3. The van der Waals surface area contributed by atoms with Gasteiger partial charge in [-0.2, -0.15) is 0 Å². The summed E-state index contributed by atoms with van der Waals surface area (Å²) in [5, 5.41) is 6.60. The van der Waals surface area contributed by atoms with Crippen LogP contribution in [0.1, 0.15) is 18.1 Å². The van der Waals surface area contributed by atoms with Crippen molar-refractivity contribution in [2.45, 2.75) is 6.92 Å². The van der Waals surface area contributed by atoms with Crippen molar-refractivity contribution in [1.29, 1.82) is 0 Å². The maximum Gasteiger partial charge on any atom is 0.145 e. The highest BCUT2D eigenvalue weighted by Gasteiger charge is 2.25. The first-order chi connectivity index (χ1) is 30.6. The highest BCUT2D eigenvalue weighted by Crippen LogP contribution is 2.39. The van der Waals surface area contributed by atoms with E-state index in [0.29, 0.717) is 0 Å². The summed E-state index contributed by atoms with van der Waals surface area (Å²) in [5.41, 5.74) is 15.2. The summed E-state index contributed by atoms with van der Waals surface area (Å²) in [5.74, 6) is 0.816. The molecule has 294 valence electrons. The number of hydrogen-bond acceptors (Lipinski definition) is 4. The Morgan fingerprint density at radius 1 is 0.500 bits per heavy atom. The molecule has 0 spiro atoms. The number of anilines is 1. The molecule has 5 nitrogen and oxygen atoms in total. The molecule has 1 aliphatic heterocycles. The van der Waals surface area contributed by atoms with Gasteiger partial charge in [0.05, 0.1) is 27.7 Å². The van der Waals surface area contributed by atoms with Gasteiger partial charge in [0.2, 0.25) is 0 Å². The molecule has 0 fully saturated rings. The van der Waals surface area contributed by atoms with Gasteiger partial charge in [-0.15, -0.1) is 0 Å². The fourth-order valence-corrected chi connectivity index (χ4v) is 9.41. The summed E-state index contributed by atoms with van der Waals surface area (Å²) in [6.45, 7) is 2.02. The molecule has 0 radical (unpaired) electrons. The molecule has 8 aromatic carbocycles. The monoisotopic (exact) mass is 797 g/mol. The smallest absolute Gasteiger partial charge is 0.145 e. The number of allylic oxidation sites excluding steroid dienone is 2. The van der Waals surface area contributed by atoms with Crippen LogP contribution in [0.25, 0.3) is 94.6 Å². The molecule has 0 saturated heterocycles. The molecular weight excluding hydrogens is 759 g/mol. The number of aromatic nitrogens is 1. The lowest BCUT2D eigenvalue weighted by atomic mass is 9.94. The summed E-state index contributed by atoms with van der Waals surface area (Å²) in [4.78, 5) is 7.81. The van der Waals surface area contributed by atoms with Crippen molar-refractivity contribution in [3.63, 3.8) is 0 Å². The molecule has 1 aliphatic rings. The van der Waals surface area contributed by atoms with Gasteiger partial charge < -0.3 is 18.3 Å². The fraction of sp³-hybridized carbons (Fsp3) is 0.0351. The van der Waals surface area contributed by atoms with Crippen LogP contribution in [0.5, 0.6) is 0 Å². The van der Waals surface area contributed by atoms with Crippen molar-refractivity contribution < 1.29 is 8.83 Å². The van der Waals surface area contributed by atoms with E-state index in [1.807, 2.05) is 37.3 Å². The van der Waals surface area contributed by atoms with Crippen LogP contribution in [-0.4, -0.2) is 17.3 Å². The average molecular weight is 798 g/mol. The van der Waals surface area contributed by atoms with Crippen LogP contribution in [0.15, 0.2) is 208 Å². The average Bonchev–Trinajstić information content (AvgIpc) is 4.00. The number of fused-ring (bicyclic) bond motifs is 8. The lowest BCUT2D eigenvalue weighted by Crippen LogP contribution is -2.33. The molecule has 12 rings (SSSR count). The van der Waals surface area contributed by atoms with Crippen molar-refractivity contribution >= 4 is 78.0 Å². The SMILES string of the molecule is C\C=C/C=c1/oc2ccc(-c3ccc4c(c3)c3ccccc3n4-c3ccccc3)cc2/c1=C1\N=C(c2cccc(-c3cccc4c3oc3ccccc34)c2)c2ccccc2N1C. The molecular formula is C57H39N3O2. The van der Waals surface area contributed by atoms with Gasteiger partial charge in [0.15, 0.2) is 0 Å². The predicted molar refractivity (Wildman–Crippen MR) is 258 cm³/mol. The van der Waals surface area contributed by atoms with Gasteiger partial charge in [0, 0.05) is 56.4 Å². The summed E-state index contributed by atoms with van der Waals surface area (Å²) in [7, 11) is 2.10. The molecule has 0 N–H and O–H groups in total. The van der Waals surface area contributed by atoms with Gasteiger partial charge in [-0.3, -0.25) is 0 Å². The molecule has 0 unspecified atom stereocenters. The Kier molecular flexibility index (Phi) is 8.22. The number of nitrogens with zero attached hydrogens (tertiary/aromatic N) is 3. The minimum atomic E-state index is 0.756. The summed E-state index contributed by atoms with van der Waals surface area (Å²) >= 11 is 0. The zero-order valence-electron chi connectivity index (χ0n) is 34.2. The molecule has 3 aromatic heterocycles. The van der Waals surface area contributed by atoms with Crippen molar-refractivity contribution in [3.8, 4) is 27.9 Å². The van der Waals surface area contributed by atoms with E-state index in [1.54, 1.807) is 0 Å². The lowest BCUT2D eigenvalue weighted by molar-refractivity contribution is 0.575. The van der Waals surface area contributed by atoms with Crippen LogP contribution in [0.3, 0.4) is 0 Å². The molecule has 5 heteroatoms. The van der Waals surface area contributed by atoms with Gasteiger partial charge in [-0.25, -0.2) is 4.99 Å². The van der Waals surface area contributed by atoms with Gasteiger partial charge in [0.25, 0.3) is 0 Å². The van der Waals surface area contributed by atoms with E-state index < -0.39 is 0 Å². The third-order valence-electron chi connectivity index (χ3n) is 12.3. The Labute approximate surface area is 357 Å². The number of rotatable bonds is 5. The van der Waals surface area contributed by atoms with Gasteiger partial charge in [0.1, 0.15) is 28.0 Å². The normalized spacial score (nSPS) is 14.3. The van der Waals surface area contributed by atoms with Crippen molar-refractivity contribution in [1.82, 2.24) is 4.57 Å². The molecule has 0 amide bonds. The van der Waals surface area contributed by atoms with Gasteiger partial charge in [-0.1, -0.05) is 133 Å². The topological polar surface area (TPSA) is 46.8 Å². The molecule has 62 heavy (non-hydrogen) atoms. The zero-order chi connectivity index (χ0) is 41.3. The Morgan fingerprint density at radius 2 is 1.18 bits per heavy atom. The number of aliphatic imine (C=N–C) groups is 1. The van der Waals surface area contributed by atoms with Crippen LogP contribution in [-0.2, 0) is 0 Å². The standard InChI is InChI=1S/C57H39N3O2/c1-3-4-27-53-54(47-35-37(30-32-52(47)61-53)36-29-31-50-46(34-36)42-20-8-12-26-49(42)60(50)40-18-6-5-7-19-40)57-58-55(45-22-9-11-25-48(45)59(57)2)39-17-14-16-38(33-39)41-23-15-24-44-43-21-10-13-28-51(43)62-56(41)44/h3-35H,1-2H3/b4-3-,53-27+,57-54-. The predicted octanol–water partition coefficient (Wildman–Crippen LogP) is 13.2. The quantitative estimate of drug-likeness (QED) is 0.174. The van der Waals surface area contributed by atoms with Crippen molar-refractivity contribution in [3.05, 3.63) is 216 Å². The molecule has 4 heterocycles. The maximum atomic E-state index is 6.71. The Bertz CT molecular complexity index is 3790. The number of furan rings is 2. The van der Waals surface area contributed by atoms with Crippen molar-refractivity contribution in [2.75, 3.05) is 11.9 Å². The lowest BCUT2D eigenvalue weighted by Gasteiger charge is -2.28. The van der Waals surface area contributed by atoms with Crippen LogP contribution in [0, 0.1) is 0 Å². The number of hydrogen-bond donors (Lipinski definition) is 0. The van der Waals surface area contributed by atoms with E-state index in [-0.39, 0.29) is 0 Å². The Balaban J connectivity index is 1.06. The van der Waals surface area contributed by atoms with Gasteiger partial charge in [-0.05, 0) is 90.4 Å². The van der Waals surface area contributed by atoms with E-state index in [9.17, 15) is 0 Å². The molecule has 0 atom stereocenters. The molecule has 0 bridgehead atoms. The van der Waals surface area contributed by atoms with E-state index >= 15 is 0 Å². The van der Waals surface area contributed by atoms with E-state index in [1.165, 1.54) is 21.8 Å². The number of benzene rings is 8. The van der Waals surface area contributed by atoms with Crippen LogP contribution in [0.2, 0.25) is 0 Å². The van der Waals surface area contributed by atoms with Gasteiger partial charge >= 0.3 is 0 Å². The van der Waals surface area contributed by atoms with Crippen LogP contribution < -0.4 is 15.5 Å². The first-order valence-electron chi connectivity index (χ1n) is 21.0. The van der Waals surface area contributed by atoms with Crippen molar-refractivity contribution in [2.24, 2.45) is 4.99 Å². The number of para-hydroxylation sites is 5. The first kappa shape index (κ1) is 35.8. The molecule has 0 saturated carbocycles. The van der Waals surface area contributed by atoms with Crippen LogP contribution in [0.4, 0.5) is 5.69 Å². The van der Waals surface area contributed by atoms with Crippen LogP contribution >= 0.6 is 0 Å². The maximum absolute atomic E-state index is 6.71. The zero-order valence-corrected chi connectivity index (χ0v) is 34.2. The second-order valence-corrected chi connectivity index (χ2v) is 15.9. The third kappa shape index (κ3) is 5.59. The summed E-state index contributed by atoms with van der Waals surface area (Å²) in [6, 6.07) is 64.4. The summed E-state index contributed by atoms with van der Waals surface area (Å²) in [6.07, 6.45) is 6.10. The summed E-state index contributed by atoms with van der Waals surface area (Å²) < 4.78 is 15.5. The molecule has 11 aromatic rings. The minimum Gasteiger partial charge on any atom is -0.456 e. The Morgan fingerprint density at radius 3 is 2.06 bits per heavy atom. The van der Waals surface area contributed by atoms with E-state index in [2.05, 4.69) is 186 Å². The molecule has 0 aliphatic carbocycles. The highest BCUT2D eigenvalue weighted by atomic mass is 16.3. The highest BCUT2D eigenvalue weighted by molar-refractivity contribution is 6.20. The van der Waals surface area contributed by atoms with E-state index in [0.717, 1.165) is 99.8 Å². The second-order valence-electron chi connectivity index (χ2n) is 15.9. The minimum absolute atomic E-state index is 0.756.